The molecule has 0 saturated heterocycles. The van der Waals surface area contributed by atoms with Crippen molar-refractivity contribution >= 4 is 5.78 Å². The smallest absolute Gasteiger partial charge is 0.162 e. The number of nitrogens with one attached hydrogen (secondary N) is 1. The predicted molar refractivity (Wildman–Crippen MR) is 121 cm³/mol. The van der Waals surface area contributed by atoms with Gasteiger partial charge in [-0.1, -0.05) is 18.2 Å². The summed E-state index contributed by atoms with van der Waals surface area (Å²) in [5.74, 6) is 1.66. The first-order valence-electron chi connectivity index (χ1n) is 10.5. The highest BCUT2D eigenvalue weighted by Gasteiger charge is 2.39. The van der Waals surface area contributed by atoms with Gasteiger partial charge in [-0.05, 0) is 54.7 Å². The fraction of sp³-hybridized carbons (Fsp3) is 0.308. The number of carbonyl (C=O) groups excluding carboxylic acids is 1. The third-order valence-corrected chi connectivity index (χ3v) is 6.28. The Hall–Kier alpha value is -3.72. The summed E-state index contributed by atoms with van der Waals surface area (Å²) >= 11 is 0. The minimum absolute atomic E-state index is 0.0552. The second-order valence-electron chi connectivity index (χ2n) is 8.02. The van der Waals surface area contributed by atoms with Crippen molar-refractivity contribution in [2.75, 3.05) is 21.3 Å². The third kappa shape index (κ3) is 3.71. The van der Waals surface area contributed by atoms with Gasteiger partial charge in [0.2, 0.25) is 0 Å². The normalized spacial score (nSPS) is 20.3. The lowest BCUT2D eigenvalue weighted by molar-refractivity contribution is -0.116. The Bertz CT molecular complexity index is 1160. The molecule has 6 nitrogen and oxygen atoms in total. The average Bonchev–Trinajstić information content (AvgIpc) is 2.82. The first-order valence-corrected chi connectivity index (χ1v) is 10.5. The molecule has 164 valence electrons. The molecule has 0 spiro atoms. The van der Waals surface area contributed by atoms with Gasteiger partial charge in [0.05, 0.1) is 38.9 Å². The summed E-state index contributed by atoms with van der Waals surface area (Å²) < 4.78 is 16.1. The van der Waals surface area contributed by atoms with Crippen LogP contribution in [0.15, 0.2) is 65.0 Å². The fourth-order valence-corrected chi connectivity index (χ4v) is 4.66. The van der Waals surface area contributed by atoms with Crippen LogP contribution in [0.25, 0.3) is 0 Å². The largest absolute Gasteiger partial charge is 0.497 e. The van der Waals surface area contributed by atoms with Crippen LogP contribution in [0, 0.1) is 11.3 Å². The monoisotopic (exact) mass is 430 g/mol. The summed E-state index contributed by atoms with van der Waals surface area (Å²) in [4.78, 5) is 13.5. The maximum Gasteiger partial charge on any atom is 0.162 e. The molecule has 2 atom stereocenters. The van der Waals surface area contributed by atoms with Crippen molar-refractivity contribution in [1.82, 2.24) is 5.32 Å². The molecule has 2 aromatic carbocycles. The highest BCUT2D eigenvalue weighted by molar-refractivity contribution is 6.00. The van der Waals surface area contributed by atoms with Crippen LogP contribution in [0.4, 0.5) is 0 Å². The molecule has 0 fully saturated rings. The van der Waals surface area contributed by atoms with E-state index in [0.29, 0.717) is 35.5 Å². The van der Waals surface area contributed by atoms with Crippen LogP contribution in [0.2, 0.25) is 0 Å². The number of methoxy groups -OCH3 is 3. The minimum atomic E-state index is -0.430. The molecular formula is C26H26N2O4. The quantitative estimate of drug-likeness (QED) is 0.747. The average molecular weight is 431 g/mol. The molecule has 1 aliphatic carbocycles. The van der Waals surface area contributed by atoms with Gasteiger partial charge in [0, 0.05) is 23.4 Å². The standard InChI is InChI=1S/C26H26N2O4/c1-15-20(14-27)25(17-7-10-23(31-3)24(13-17)32-4)26-21(28-15)11-18(12-22(26)29)16-5-8-19(30-2)9-6-16/h5-10,13,18,25,28H,11-12H2,1-4H3/t18-,25+/m0/s1. The van der Waals surface area contributed by atoms with Gasteiger partial charge < -0.3 is 19.5 Å². The maximum absolute atomic E-state index is 13.5. The van der Waals surface area contributed by atoms with E-state index >= 15 is 0 Å². The molecule has 0 aromatic heterocycles. The molecule has 1 N–H and O–H groups in total. The van der Waals surface area contributed by atoms with Gasteiger partial charge in [-0.15, -0.1) is 0 Å². The molecular weight excluding hydrogens is 404 g/mol. The number of benzene rings is 2. The van der Waals surface area contributed by atoms with Gasteiger partial charge >= 0.3 is 0 Å². The van der Waals surface area contributed by atoms with Crippen molar-refractivity contribution in [3.05, 3.63) is 76.1 Å². The summed E-state index contributed by atoms with van der Waals surface area (Å²) in [6, 6.07) is 15.8. The van der Waals surface area contributed by atoms with E-state index < -0.39 is 5.92 Å². The summed E-state index contributed by atoms with van der Waals surface area (Å²) in [6.45, 7) is 1.89. The molecule has 32 heavy (non-hydrogen) atoms. The van der Waals surface area contributed by atoms with Crippen LogP contribution in [0.1, 0.15) is 42.7 Å². The van der Waals surface area contributed by atoms with Gasteiger partial charge in [-0.3, -0.25) is 4.79 Å². The van der Waals surface area contributed by atoms with Crippen molar-refractivity contribution < 1.29 is 19.0 Å². The molecule has 1 aliphatic heterocycles. The Morgan fingerprint density at radius 2 is 1.62 bits per heavy atom. The molecule has 0 amide bonds. The van der Waals surface area contributed by atoms with Crippen molar-refractivity contribution in [3.63, 3.8) is 0 Å². The third-order valence-electron chi connectivity index (χ3n) is 6.28. The van der Waals surface area contributed by atoms with Crippen LogP contribution >= 0.6 is 0 Å². The Labute approximate surface area is 188 Å². The molecule has 0 saturated carbocycles. The Kier molecular flexibility index (Phi) is 5.91. The van der Waals surface area contributed by atoms with Crippen molar-refractivity contribution in [3.8, 4) is 23.3 Å². The van der Waals surface area contributed by atoms with E-state index in [4.69, 9.17) is 14.2 Å². The lowest BCUT2D eigenvalue weighted by Crippen LogP contribution is -2.33. The van der Waals surface area contributed by atoms with Crippen molar-refractivity contribution in [2.24, 2.45) is 0 Å². The molecule has 1 heterocycles. The second kappa shape index (κ2) is 8.80. The summed E-state index contributed by atoms with van der Waals surface area (Å²) in [7, 11) is 4.79. The van der Waals surface area contributed by atoms with E-state index in [1.807, 2.05) is 49.4 Å². The number of rotatable bonds is 5. The van der Waals surface area contributed by atoms with Crippen LogP contribution in [0.3, 0.4) is 0 Å². The number of nitriles is 1. The van der Waals surface area contributed by atoms with Crippen LogP contribution in [-0.2, 0) is 4.79 Å². The summed E-state index contributed by atoms with van der Waals surface area (Å²) in [5, 5.41) is 13.3. The van der Waals surface area contributed by atoms with E-state index in [0.717, 1.165) is 28.3 Å². The number of carbonyl (C=O) groups is 1. The maximum atomic E-state index is 13.5. The summed E-state index contributed by atoms with van der Waals surface area (Å²) in [6.07, 6.45) is 1.10. The number of dihydropyridines is 1. The molecule has 0 radical (unpaired) electrons. The molecule has 6 heteroatoms. The molecule has 2 aromatic rings. The van der Waals surface area contributed by atoms with Gasteiger partial charge in [0.1, 0.15) is 5.75 Å². The van der Waals surface area contributed by atoms with Gasteiger partial charge in [0.15, 0.2) is 17.3 Å². The SMILES string of the molecule is COc1ccc([C@@H]2CC(=O)C3=C(C2)NC(C)=C(C#N)[C@H]3c2ccc(OC)c(OC)c2)cc1. The number of hydrogen-bond donors (Lipinski definition) is 1. The van der Waals surface area contributed by atoms with Gasteiger partial charge in [-0.25, -0.2) is 0 Å². The Balaban J connectivity index is 1.76. The fourth-order valence-electron chi connectivity index (χ4n) is 4.66. The molecule has 0 unspecified atom stereocenters. The highest BCUT2D eigenvalue weighted by atomic mass is 16.5. The Morgan fingerprint density at radius 1 is 0.938 bits per heavy atom. The lowest BCUT2D eigenvalue weighted by Gasteiger charge is -2.35. The molecule has 0 bridgehead atoms. The number of allylic oxidation sites excluding steroid dienone is 4. The van der Waals surface area contributed by atoms with Crippen LogP contribution < -0.4 is 19.5 Å². The number of Topliss-reactive ketones (excluding diaryl/α,β-unsaturated/α-hetero) is 1. The van der Waals surface area contributed by atoms with E-state index in [1.165, 1.54) is 0 Å². The number of ether oxygens (including phenoxy) is 3. The topological polar surface area (TPSA) is 80.6 Å². The number of hydrogen-bond acceptors (Lipinski definition) is 6. The van der Waals surface area contributed by atoms with Crippen molar-refractivity contribution in [1.29, 1.82) is 5.26 Å². The zero-order chi connectivity index (χ0) is 22.8. The van der Waals surface area contributed by atoms with Crippen molar-refractivity contribution in [2.45, 2.75) is 31.6 Å². The highest BCUT2D eigenvalue weighted by Crippen LogP contribution is 2.46. The van der Waals surface area contributed by atoms with E-state index in [9.17, 15) is 10.1 Å². The lowest BCUT2D eigenvalue weighted by atomic mass is 9.72. The summed E-state index contributed by atoms with van der Waals surface area (Å²) in [5.41, 5.74) is 4.82. The van der Waals surface area contributed by atoms with E-state index in [1.54, 1.807) is 21.3 Å². The molecule has 2 aliphatic rings. The van der Waals surface area contributed by atoms with Gasteiger partial charge in [-0.2, -0.15) is 5.26 Å². The number of nitrogens with zero attached hydrogens (tertiary/aromatic N) is 1. The minimum Gasteiger partial charge on any atom is -0.497 e. The zero-order valence-electron chi connectivity index (χ0n) is 18.7. The van der Waals surface area contributed by atoms with E-state index in [-0.39, 0.29) is 11.7 Å². The second-order valence-corrected chi connectivity index (χ2v) is 8.02. The first kappa shape index (κ1) is 21.5. The van der Waals surface area contributed by atoms with Crippen LogP contribution in [0.5, 0.6) is 17.2 Å². The van der Waals surface area contributed by atoms with Gasteiger partial charge in [0.25, 0.3) is 0 Å². The molecule has 4 rings (SSSR count). The number of ketones is 1. The Morgan fingerprint density at radius 3 is 2.25 bits per heavy atom. The first-order chi connectivity index (χ1) is 15.5. The van der Waals surface area contributed by atoms with E-state index in [2.05, 4.69) is 11.4 Å². The zero-order valence-corrected chi connectivity index (χ0v) is 18.7. The predicted octanol–water partition coefficient (Wildman–Crippen LogP) is 4.60. The van der Waals surface area contributed by atoms with Crippen LogP contribution in [-0.4, -0.2) is 27.1 Å².